The van der Waals surface area contributed by atoms with E-state index in [4.69, 9.17) is 21.1 Å². The number of benzene rings is 1. The lowest BCUT2D eigenvalue weighted by atomic mass is 9.44. The van der Waals surface area contributed by atoms with Gasteiger partial charge in [-0.1, -0.05) is 11.6 Å². The Labute approximate surface area is 183 Å². The van der Waals surface area contributed by atoms with Crippen molar-refractivity contribution in [1.82, 2.24) is 20.1 Å². The van der Waals surface area contributed by atoms with E-state index in [9.17, 15) is 9.90 Å². The van der Waals surface area contributed by atoms with Crippen molar-refractivity contribution in [3.05, 3.63) is 47.1 Å². The van der Waals surface area contributed by atoms with E-state index in [1.165, 1.54) is 0 Å². The Bertz CT molecular complexity index is 1210. The second kappa shape index (κ2) is 6.34. The van der Waals surface area contributed by atoms with Gasteiger partial charge in [0, 0.05) is 28.6 Å². The smallest absolute Gasteiger partial charge is 0.261 e. The number of amides is 1. The highest BCUT2D eigenvalue weighted by Gasteiger charge is 2.70. The minimum absolute atomic E-state index is 0.0719. The van der Waals surface area contributed by atoms with Gasteiger partial charge in [0.2, 0.25) is 5.88 Å². The molecular weight excluding hydrogens is 420 g/mol. The van der Waals surface area contributed by atoms with Gasteiger partial charge in [0.25, 0.3) is 5.91 Å². The summed E-state index contributed by atoms with van der Waals surface area (Å²) in [5.74, 6) is 0.875. The lowest BCUT2D eigenvalue weighted by Gasteiger charge is -2.70. The lowest BCUT2D eigenvalue weighted by Crippen LogP contribution is -2.79. The van der Waals surface area contributed by atoms with Crippen LogP contribution in [0.5, 0.6) is 11.6 Å². The largest absolute Gasteiger partial charge is 0.481 e. The number of aliphatic hydroxyl groups is 1. The van der Waals surface area contributed by atoms with Crippen LogP contribution in [0.25, 0.3) is 11.0 Å². The predicted octanol–water partition coefficient (Wildman–Crippen LogP) is 2.73. The fourth-order valence-corrected chi connectivity index (χ4v) is 5.46. The number of nitrogens with one attached hydrogen (secondary N) is 1. The summed E-state index contributed by atoms with van der Waals surface area (Å²) in [5.41, 5.74) is 1.95. The van der Waals surface area contributed by atoms with Crippen LogP contribution in [0.2, 0.25) is 5.02 Å². The summed E-state index contributed by atoms with van der Waals surface area (Å²) < 4.78 is 13.0. The van der Waals surface area contributed by atoms with Crippen LogP contribution >= 0.6 is 11.6 Å². The fourth-order valence-electron chi connectivity index (χ4n) is 5.28. The number of aliphatic hydroxyl groups excluding tert-OH is 1. The molecule has 9 heteroatoms. The Morgan fingerprint density at radius 1 is 1.29 bits per heavy atom. The number of nitrogens with zero attached hydrogens (tertiary/aromatic N) is 3. The molecule has 3 heterocycles. The summed E-state index contributed by atoms with van der Waals surface area (Å²) >= 11 is 6.00. The van der Waals surface area contributed by atoms with E-state index < -0.39 is 12.2 Å². The average molecular weight is 441 g/mol. The Hall–Kier alpha value is -2.84. The van der Waals surface area contributed by atoms with Crippen molar-refractivity contribution in [3.63, 3.8) is 0 Å². The van der Waals surface area contributed by atoms with E-state index >= 15 is 0 Å². The number of methoxy groups -OCH3 is 1. The summed E-state index contributed by atoms with van der Waals surface area (Å²) in [5, 5.41) is 18.8. The van der Waals surface area contributed by atoms with E-state index in [2.05, 4.69) is 15.4 Å². The molecule has 8 nitrogen and oxygen atoms in total. The van der Waals surface area contributed by atoms with Gasteiger partial charge < -0.3 is 19.9 Å². The van der Waals surface area contributed by atoms with Gasteiger partial charge in [-0.05, 0) is 43.5 Å². The van der Waals surface area contributed by atoms with Gasteiger partial charge in [-0.15, -0.1) is 0 Å². The van der Waals surface area contributed by atoms with Gasteiger partial charge in [0.1, 0.15) is 16.8 Å². The molecule has 1 aliphatic heterocycles. The summed E-state index contributed by atoms with van der Waals surface area (Å²) in [6, 6.07) is 8.77. The first-order valence-electron chi connectivity index (χ1n) is 10.3. The van der Waals surface area contributed by atoms with Crippen LogP contribution < -0.4 is 14.8 Å². The van der Waals surface area contributed by atoms with Gasteiger partial charge in [0.05, 0.1) is 24.9 Å². The van der Waals surface area contributed by atoms with E-state index in [0.717, 1.165) is 30.3 Å². The molecule has 0 saturated heterocycles. The van der Waals surface area contributed by atoms with Crippen LogP contribution in [0.15, 0.2) is 36.5 Å². The van der Waals surface area contributed by atoms with E-state index in [1.807, 2.05) is 16.9 Å². The molecule has 31 heavy (non-hydrogen) atoms. The zero-order valence-electron chi connectivity index (χ0n) is 16.8. The number of hydrogen-bond donors (Lipinski definition) is 2. The molecule has 0 spiro atoms. The third-order valence-corrected chi connectivity index (χ3v) is 6.99. The molecule has 4 aliphatic rings. The summed E-state index contributed by atoms with van der Waals surface area (Å²) in [6.45, 7) is 0. The van der Waals surface area contributed by atoms with Crippen LogP contribution in [-0.4, -0.2) is 44.5 Å². The number of halogens is 1. The van der Waals surface area contributed by atoms with Gasteiger partial charge in [-0.25, -0.2) is 4.98 Å². The van der Waals surface area contributed by atoms with Crippen LogP contribution in [0, 0.1) is 0 Å². The molecule has 3 fully saturated rings. The van der Waals surface area contributed by atoms with Gasteiger partial charge in [-0.2, -0.15) is 5.10 Å². The van der Waals surface area contributed by atoms with Crippen molar-refractivity contribution in [2.24, 2.45) is 0 Å². The quantitative estimate of drug-likeness (QED) is 0.647. The molecule has 160 valence electrons. The summed E-state index contributed by atoms with van der Waals surface area (Å²) in [7, 11) is 1.59. The number of pyridine rings is 1. The molecule has 0 radical (unpaired) electrons. The van der Waals surface area contributed by atoms with Crippen molar-refractivity contribution in [2.45, 2.75) is 49.0 Å². The Balaban J connectivity index is 1.13. The van der Waals surface area contributed by atoms with Crippen molar-refractivity contribution in [2.75, 3.05) is 7.11 Å². The first-order valence-corrected chi connectivity index (χ1v) is 10.6. The maximum absolute atomic E-state index is 12.9. The SMILES string of the molecule is COc1ccc2nn(C34CC(NC(=O)[C@H]5C[C@@H](O)c6cc(Cl)ccc6O5)(C3)C4)cc2n1. The Morgan fingerprint density at radius 2 is 2.10 bits per heavy atom. The molecule has 3 saturated carbocycles. The van der Waals surface area contributed by atoms with Crippen molar-refractivity contribution in [1.29, 1.82) is 0 Å². The molecule has 1 aromatic carbocycles. The highest BCUT2D eigenvalue weighted by molar-refractivity contribution is 6.30. The second-order valence-corrected chi connectivity index (χ2v) is 9.33. The first kappa shape index (κ1) is 18.9. The highest BCUT2D eigenvalue weighted by Crippen LogP contribution is 2.65. The zero-order chi connectivity index (χ0) is 21.4. The molecule has 2 bridgehead atoms. The predicted molar refractivity (Wildman–Crippen MR) is 112 cm³/mol. The minimum Gasteiger partial charge on any atom is -0.481 e. The third-order valence-electron chi connectivity index (χ3n) is 6.75. The Morgan fingerprint density at radius 3 is 2.87 bits per heavy atom. The number of rotatable bonds is 4. The van der Waals surface area contributed by atoms with E-state index in [-0.39, 0.29) is 23.4 Å². The summed E-state index contributed by atoms with van der Waals surface area (Å²) in [4.78, 5) is 17.3. The maximum atomic E-state index is 12.9. The third kappa shape index (κ3) is 2.81. The van der Waals surface area contributed by atoms with Gasteiger partial charge in [-0.3, -0.25) is 9.48 Å². The number of ether oxygens (including phenoxy) is 2. The van der Waals surface area contributed by atoms with Crippen LogP contribution in [-0.2, 0) is 10.3 Å². The maximum Gasteiger partial charge on any atom is 0.261 e. The van der Waals surface area contributed by atoms with E-state index in [1.54, 1.807) is 31.4 Å². The molecule has 2 aromatic heterocycles. The average Bonchev–Trinajstić information content (AvgIpc) is 3.12. The molecule has 0 unspecified atom stereocenters. The molecular formula is C22H21ClN4O4. The van der Waals surface area contributed by atoms with E-state index in [0.29, 0.717) is 22.2 Å². The fraction of sp³-hybridized carbons (Fsp3) is 0.409. The molecule has 1 amide bonds. The molecule has 7 rings (SSSR count). The lowest BCUT2D eigenvalue weighted by molar-refractivity contribution is -0.164. The molecule has 2 atom stereocenters. The van der Waals surface area contributed by atoms with Crippen molar-refractivity contribution >= 4 is 28.5 Å². The van der Waals surface area contributed by atoms with Crippen LogP contribution in [0.4, 0.5) is 0 Å². The first-order chi connectivity index (χ1) is 14.9. The second-order valence-electron chi connectivity index (χ2n) is 8.90. The number of carbonyl (C=O) groups is 1. The van der Waals surface area contributed by atoms with Crippen LogP contribution in [0.3, 0.4) is 0 Å². The monoisotopic (exact) mass is 440 g/mol. The highest BCUT2D eigenvalue weighted by atomic mass is 35.5. The summed E-state index contributed by atoms with van der Waals surface area (Å²) in [6.07, 6.45) is 3.11. The van der Waals surface area contributed by atoms with Gasteiger partial charge in [0.15, 0.2) is 6.10 Å². The van der Waals surface area contributed by atoms with Crippen molar-refractivity contribution in [3.8, 4) is 11.6 Å². The Kier molecular flexibility index (Phi) is 3.86. The molecule has 2 N–H and O–H groups in total. The van der Waals surface area contributed by atoms with Gasteiger partial charge >= 0.3 is 0 Å². The number of hydrogen-bond acceptors (Lipinski definition) is 6. The van der Waals surface area contributed by atoms with Crippen LogP contribution in [0.1, 0.15) is 37.4 Å². The molecule has 3 aromatic rings. The zero-order valence-corrected chi connectivity index (χ0v) is 17.6. The van der Waals surface area contributed by atoms with Crippen molar-refractivity contribution < 1.29 is 19.4 Å². The molecule has 3 aliphatic carbocycles. The minimum atomic E-state index is -0.779. The number of carbonyl (C=O) groups excluding carboxylic acids is 1. The normalized spacial score (nSPS) is 30.5. The number of fused-ring (bicyclic) bond motifs is 2. The number of aromatic nitrogens is 3. The topological polar surface area (TPSA) is 98.5 Å². The standard InChI is InChI=1S/C22H21ClN4O4/c1-30-19-5-3-14-15(24-19)8-27(26-14)22-9-21(10-22,11-22)25-20(29)18-7-16(28)13-6-12(23)2-4-17(13)31-18/h2-6,8,16,18,28H,7,9-11H2,1H3,(H,25,29)/t16-,18-,21?,22?/m1/s1.